The lowest BCUT2D eigenvalue weighted by Gasteiger charge is -2.33. The molecule has 1 fully saturated rings. The Morgan fingerprint density at radius 3 is 2.70 bits per heavy atom. The number of anilines is 2. The third kappa shape index (κ3) is 3.97. The zero-order valence-corrected chi connectivity index (χ0v) is 13.0. The summed E-state index contributed by atoms with van der Waals surface area (Å²) in [6.07, 6.45) is 5.32. The number of hydrogen-bond donors (Lipinski definition) is 2. The molecule has 0 bridgehead atoms. The lowest BCUT2D eigenvalue weighted by Crippen LogP contribution is -2.41. The van der Waals surface area contributed by atoms with Gasteiger partial charge in [0.25, 0.3) is 0 Å². The van der Waals surface area contributed by atoms with E-state index in [4.69, 9.17) is 5.73 Å². The first-order valence-electron chi connectivity index (χ1n) is 7.86. The van der Waals surface area contributed by atoms with E-state index in [0.29, 0.717) is 19.0 Å². The molecule has 1 atom stereocenters. The molecular weight excluding hydrogens is 290 g/mol. The van der Waals surface area contributed by atoms with Crippen LogP contribution in [0.1, 0.15) is 18.4 Å². The van der Waals surface area contributed by atoms with Crippen molar-refractivity contribution < 1.29 is 4.79 Å². The van der Waals surface area contributed by atoms with E-state index in [0.717, 1.165) is 30.6 Å². The molecule has 1 aliphatic heterocycles. The molecule has 1 aromatic carbocycles. The standard InChI is InChI=1S/C17H21N5O/c18-16(23)14-3-1-10-22(12-14)15-6-4-13(5-7-15)11-21-17-19-8-2-9-20-17/h2,4-9,14H,1,3,10-12H2,(H2,18,23)(H,19,20,21). The Labute approximate surface area is 135 Å². The molecule has 0 spiro atoms. The maximum absolute atomic E-state index is 11.4. The minimum absolute atomic E-state index is 0.0414. The molecule has 1 amide bonds. The van der Waals surface area contributed by atoms with Gasteiger partial charge < -0.3 is 16.0 Å². The maximum atomic E-state index is 11.4. The van der Waals surface area contributed by atoms with Crippen LogP contribution in [0.25, 0.3) is 0 Å². The number of hydrogen-bond acceptors (Lipinski definition) is 5. The second-order valence-electron chi connectivity index (χ2n) is 5.78. The number of rotatable bonds is 5. The highest BCUT2D eigenvalue weighted by Gasteiger charge is 2.23. The van der Waals surface area contributed by atoms with Crippen LogP contribution in [0, 0.1) is 5.92 Å². The Balaban J connectivity index is 1.59. The van der Waals surface area contributed by atoms with Gasteiger partial charge in [-0.1, -0.05) is 12.1 Å². The highest BCUT2D eigenvalue weighted by Crippen LogP contribution is 2.23. The van der Waals surface area contributed by atoms with Crippen LogP contribution in [-0.4, -0.2) is 29.0 Å². The summed E-state index contributed by atoms with van der Waals surface area (Å²) in [6.45, 7) is 2.36. The molecule has 0 aliphatic carbocycles. The normalized spacial score (nSPS) is 17.7. The van der Waals surface area contributed by atoms with Gasteiger partial charge in [-0.3, -0.25) is 4.79 Å². The summed E-state index contributed by atoms with van der Waals surface area (Å²) < 4.78 is 0. The van der Waals surface area contributed by atoms with E-state index < -0.39 is 0 Å². The molecule has 1 aromatic heterocycles. The molecule has 0 saturated carbocycles. The van der Waals surface area contributed by atoms with Crippen molar-refractivity contribution in [3.63, 3.8) is 0 Å². The van der Waals surface area contributed by atoms with Crippen molar-refractivity contribution in [2.75, 3.05) is 23.3 Å². The molecule has 1 aliphatic rings. The number of carbonyl (C=O) groups is 1. The maximum Gasteiger partial charge on any atom is 0.222 e. The predicted molar refractivity (Wildman–Crippen MR) is 89.9 cm³/mol. The number of aromatic nitrogens is 2. The third-order valence-electron chi connectivity index (χ3n) is 4.14. The lowest BCUT2D eigenvalue weighted by molar-refractivity contribution is -0.122. The summed E-state index contributed by atoms with van der Waals surface area (Å²) in [5.41, 5.74) is 7.73. The fourth-order valence-electron chi connectivity index (χ4n) is 2.84. The minimum atomic E-state index is -0.196. The van der Waals surface area contributed by atoms with Gasteiger partial charge in [-0.05, 0) is 36.6 Å². The minimum Gasteiger partial charge on any atom is -0.371 e. The van der Waals surface area contributed by atoms with Crippen LogP contribution in [0.3, 0.4) is 0 Å². The molecule has 120 valence electrons. The smallest absolute Gasteiger partial charge is 0.222 e. The number of primary amides is 1. The first-order valence-corrected chi connectivity index (χ1v) is 7.86. The second-order valence-corrected chi connectivity index (χ2v) is 5.78. The van der Waals surface area contributed by atoms with Crippen molar-refractivity contribution in [2.45, 2.75) is 19.4 Å². The highest BCUT2D eigenvalue weighted by molar-refractivity contribution is 5.77. The van der Waals surface area contributed by atoms with E-state index in [1.54, 1.807) is 18.5 Å². The van der Waals surface area contributed by atoms with E-state index >= 15 is 0 Å². The molecule has 23 heavy (non-hydrogen) atoms. The monoisotopic (exact) mass is 311 g/mol. The molecular formula is C17H21N5O. The molecule has 3 rings (SSSR count). The molecule has 1 unspecified atom stereocenters. The largest absolute Gasteiger partial charge is 0.371 e. The van der Waals surface area contributed by atoms with E-state index in [-0.39, 0.29) is 11.8 Å². The molecule has 2 heterocycles. The molecule has 6 heteroatoms. The molecule has 2 aromatic rings. The summed E-state index contributed by atoms with van der Waals surface area (Å²) in [6, 6.07) is 10.1. The zero-order valence-electron chi connectivity index (χ0n) is 13.0. The van der Waals surface area contributed by atoms with E-state index in [1.165, 1.54) is 0 Å². The van der Waals surface area contributed by atoms with E-state index in [9.17, 15) is 4.79 Å². The quantitative estimate of drug-likeness (QED) is 0.879. The summed E-state index contributed by atoms with van der Waals surface area (Å²) in [4.78, 5) is 21.9. The van der Waals surface area contributed by atoms with E-state index in [1.807, 2.05) is 0 Å². The Hall–Kier alpha value is -2.63. The lowest BCUT2D eigenvalue weighted by atomic mass is 9.97. The van der Waals surface area contributed by atoms with Gasteiger partial charge in [0.05, 0.1) is 5.92 Å². The summed E-state index contributed by atoms with van der Waals surface area (Å²) in [5, 5.41) is 3.18. The number of carbonyl (C=O) groups excluding carboxylic acids is 1. The SMILES string of the molecule is NC(=O)C1CCCN(c2ccc(CNc3ncccn3)cc2)C1. The average molecular weight is 311 g/mol. The van der Waals surface area contributed by atoms with Gasteiger partial charge in [-0.15, -0.1) is 0 Å². The van der Waals surface area contributed by atoms with Crippen LogP contribution in [0.15, 0.2) is 42.7 Å². The Morgan fingerprint density at radius 1 is 1.26 bits per heavy atom. The number of benzene rings is 1. The number of nitrogens with two attached hydrogens (primary N) is 1. The Kier molecular flexibility index (Phi) is 4.71. The molecule has 6 nitrogen and oxygen atoms in total. The van der Waals surface area contributed by atoms with Crippen LogP contribution < -0.4 is 16.0 Å². The number of amides is 1. The molecule has 0 radical (unpaired) electrons. The second kappa shape index (κ2) is 7.09. The molecule has 3 N–H and O–H groups in total. The van der Waals surface area contributed by atoms with Crippen molar-refractivity contribution >= 4 is 17.5 Å². The van der Waals surface area contributed by atoms with Crippen LogP contribution in [-0.2, 0) is 11.3 Å². The van der Waals surface area contributed by atoms with Crippen LogP contribution in [0.2, 0.25) is 0 Å². The number of piperidine rings is 1. The summed E-state index contributed by atoms with van der Waals surface area (Å²) in [7, 11) is 0. The van der Waals surface area contributed by atoms with Gasteiger partial charge in [0.1, 0.15) is 0 Å². The van der Waals surface area contributed by atoms with Gasteiger partial charge in [0.2, 0.25) is 11.9 Å². The van der Waals surface area contributed by atoms with Gasteiger partial charge in [0.15, 0.2) is 0 Å². The summed E-state index contributed by atoms with van der Waals surface area (Å²) in [5.74, 6) is 0.385. The zero-order chi connectivity index (χ0) is 16.1. The van der Waals surface area contributed by atoms with Crippen LogP contribution in [0.4, 0.5) is 11.6 Å². The van der Waals surface area contributed by atoms with Crippen molar-refractivity contribution in [3.05, 3.63) is 48.3 Å². The number of nitrogens with zero attached hydrogens (tertiary/aromatic N) is 3. The van der Waals surface area contributed by atoms with Gasteiger partial charge >= 0.3 is 0 Å². The van der Waals surface area contributed by atoms with Crippen molar-refractivity contribution in [2.24, 2.45) is 11.7 Å². The van der Waals surface area contributed by atoms with Gasteiger partial charge in [-0.2, -0.15) is 0 Å². The highest BCUT2D eigenvalue weighted by atomic mass is 16.1. The third-order valence-corrected chi connectivity index (χ3v) is 4.14. The number of nitrogens with one attached hydrogen (secondary N) is 1. The van der Waals surface area contributed by atoms with Crippen molar-refractivity contribution in [1.29, 1.82) is 0 Å². The van der Waals surface area contributed by atoms with Gasteiger partial charge in [0, 0.05) is 37.7 Å². The summed E-state index contributed by atoms with van der Waals surface area (Å²) >= 11 is 0. The fourth-order valence-corrected chi connectivity index (χ4v) is 2.84. The van der Waals surface area contributed by atoms with Crippen LogP contribution >= 0.6 is 0 Å². The Bertz CT molecular complexity index is 644. The van der Waals surface area contributed by atoms with E-state index in [2.05, 4.69) is 44.5 Å². The van der Waals surface area contributed by atoms with Gasteiger partial charge in [-0.25, -0.2) is 9.97 Å². The topological polar surface area (TPSA) is 84.1 Å². The Morgan fingerprint density at radius 2 is 2.00 bits per heavy atom. The van der Waals surface area contributed by atoms with Crippen molar-refractivity contribution in [3.8, 4) is 0 Å². The fraction of sp³-hybridized carbons (Fsp3) is 0.353. The first-order chi connectivity index (χ1) is 11.2. The molecule has 1 saturated heterocycles. The average Bonchev–Trinajstić information content (AvgIpc) is 2.61. The van der Waals surface area contributed by atoms with Crippen LogP contribution in [0.5, 0.6) is 0 Å². The predicted octanol–water partition coefficient (Wildman–Crippen LogP) is 1.79. The van der Waals surface area contributed by atoms with Crippen molar-refractivity contribution in [1.82, 2.24) is 9.97 Å². The first kappa shape index (κ1) is 15.3.